The van der Waals surface area contributed by atoms with Gasteiger partial charge in [0.2, 0.25) is 0 Å². The van der Waals surface area contributed by atoms with Gasteiger partial charge in [-0.1, -0.05) is 26.0 Å². The third-order valence-corrected chi connectivity index (χ3v) is 4.22. The Morgan fingerprint density at radius 1 is 1.21 bits per heavy atom. The molecule has 1 aromatic carbocycles. The number of nitrogens with zero attached hydrogens (tertiary/aromatic N) is 2. The minimum atomic E-state index is -0.269. The van der Waals surface area contributed by atoms with Gasteiger partial charge in [-0.25, -0.2) is 0 Å². The topological polar surface area (TPSA) is 23.6 Å². The second-order valence-electron chi connectivity index (χ2n) is 5.31. The molecule has 3 nitrogen and oxygen atoms in total. The zero-order chi connectivity index (χ0) is 14.6. The molecule has 0 aliphatic heterocycles. The van der Waals surface area contributed by atoms with Crippen molar-refractivity contribution in [2.75, 3.05) is 7.05 Å². The summed E-state index contributed by atoms with van der Waals surface area (Å²) >= 11 is 6.26. The summed E-state index contributed by atoms with van der Waals surface area (Å²) < 4.78 is 1.48. The molecule has 0 fully saturated rings. The summed E-state index contributed by atoms with van der Waals surface area (Å²) in [4.78, 5) is 12.3. The third-order valence-electron chi connectivity index (χ3n) is 3.53. The van der Waals surface area contributed by atoms with Crippen LogP contribution in [0.4, 0.5) is 0 Å². The maximum Gasteiger partial charge on any atom is 0.268 e. The zero-order valence-electron chi connectivity index (χ0n) is 12.4. The van der Waals surface area contributed by atoms with Crippen molar-refractivity contribution in [2.45, 2.75) is 46.1 Å². The fraction of sp³-hybridized carbons (Fsp3) is 0.533. The molecule has 0 saturated carbocycles. The van der Waals surface area contributed by atoms with Gasteiger partial charge in [0.15, 0.2) is 0 Å². The van der Waals surface area contributed by atoms with E-state index in [0.29, 0.717) is 5.56 Å². The lowest BCUT2D eigenvalue weighted by Gasteiger charge is -2.37. The second kappa shape index (κ2) is 6.40. The highest BCUT2D eigenvalue weighted by Crippen LogP contribution is 2.23. The number of carbonyl (C=O) groups excluding carboxylic acids is 1. The van der Waals surface area contributed by atoms with E-state index in [9.17, 15) is 4.79 Å². The monoisotopic (exact) mass is 282 g/mol. The number of hydrogen-bond acceptors (Lipinski definition) is 2. The van der Waals surface area contributed by atoms with Crippen molar-refractivity contribution in [3.05, 3.63) is 35.4 Å². The average Bonchev–Trinajstić information content (AvgIpc) is 2.44. The Labute approximate surface area is 121 Å². The van der Waals surface area contributed by atoms with E-state index in [4.69, 9.17) is 11.8 Å². The molecule has 19 heavy (non-hydrogen) atoms. The lowest BCUT2D eigenvalue weighted by Crippen LogP contribution is -2.49. The van der Waals surface area contributed by atoms with Crippen molar-refractivity contribution < 1.29 is 4.79 Å². The predicted octanol–water partition coefficient (Wildman–Crippen LogP) is 3.88. The molecular weight excluding hydrogens is 260 g/mol. The van der Waals surface area contributed by atoms with Crippen molar-refractivity contribution in [1.29, 1.82) is 0 Å². The van der Waals surface area contributed by atoms with Crippen LogP contribution in [0.3, 0.4) is 0 Å². The minimum absolute atomic E-state index is 0.0980. The van der Waals surface area contributed by atoms with E-state index in [2.05, 4.69) is 6.92 Å². The molecule has 1 rings (SSSR count). The summed E-state index contributed by atoms with van der Waals surface area (Å²) in [5.41, 5.74) is 1.60. The molecule has 0 radical (unpaired) electrons. The van der Waals surface area contributed by atoms with Crippen LogP contribution in [0.15, 0.2) is 24.3 Å². The third kappa shape index (κ3) is 3.71. The fourth-order valence-electron chi connectivity index (χ4n) is 1.69. The Hall–Kier alpha value is -1.06. The van der Waals surface area contributed by atoms with Crippen molar-refractivity contribution in [2.24, 2.45) is 0 Å². The molecule has 0 N–H and O–H groups in total. The van der Waals surface area contributed by atoms with Crippen LogP contribution in [0.5, 0.6) is 0 Å². The summed E-state index contributed by atoms with van der Waals surface area (Å²) in [7, 11) is 1.69. The van der Waals surface area contributed by atoms with Gasteiger partial charge in [0.25, 0.3) is 5.91 Å². The maximum absolute atomic E-state index is 12.3. The highest BCUT2D eigenvalue weighted by molar-refractivity contribution is 6.14. The molecule has 1 amide bonds. The van der Waals surface area contributed by atoms with E-state index in [1.54, 1.807) is 7.05 Å². The first-order valence-electron chi connectivity index (χ1n) is 6.66. The number of hydrogen-bond donors (Lipinski definition) is 0. The van der Waals surface area contributed by atoms with E-state index < -0.39 is 0 Å². The smallest absolute Gasteiger partial charge is 0.268 e. The van der Waals surface area contributed by atoms with Crippen LogP contribution < -0.4 is 0 Å². The second-order valence-corrected chi connectivity index (χ2v) is 5.63. The summed E-state index contributed by atoms with van der Waals surface area (Å²) in [6.07, 6.45) is 1.82. The highest BCUT2D eigenvalue weighted by atomic mass is 35.5. The molecule has 4 heteroatoms. The summed E-state index contributed by atoms with van der Waals surface area (Å²) in [5, 5.41) is 1.46. The van der Waals surface area contributed by atoms with Gasteiger partial charge in [-0.3, -0.25) is 9.80 Å². The summed E-state index contributed by atoms with van der Waals surface area (Å²) in [6, 6.07) is 7.65. The largest absolute Gasteiger partial charge is 0.268 e. The number of hydrazine groups is 1. The molecule has 0 bridgehead atoms. The van der Waals surface area contributed by atoms with Crippen LogP contribution in [0.2, 0.25) is 0 Å². The van der Waals surface area contributed by atoms with Gasteiger partial charge in [0.1, 0.15) is 0 Å². The molecule has 0 aliphatic carbocycles. The first-order chi connectivity index (χ1) is 8.83. The van der Waals surface area contributed by atoms with E-state index in [0.717, 1.165) is 12.8 Å². The molecule has 0 aliphatic rings. The SMILES string of the molecule is CCc1ccc(C(=O)N(C)N(Cl)C(C)(C)CC)cc1. The van der Waals surface area contributed by atoms with Crippen LogP contribution in [0.25, 0.3) is 0 Å². The molecule has 1 aromatic rings. The molecule has 0 unspecified atom stereocenters. The number of rotatable bonds is 5. The minimum Gasteiger partial charge on any atom is -0.268 e. The maximum atomic E-state index is 12.3. The normalized spacial score (nSPS) is 11.7. The number of aryl methyl sites for hydroxylation is 1. The molecule has 0 aromatic heterocycles. The number of benzene rings is 1. The van der Waals surface area contributed by atoms with Crippen molar-refractivity contribution in [3.8, 4) is 0 Å². The Kier molecular flexibility index (Phi) is 5.39. The predicted molar refractivity (Wildman–Crippen MR) is 80.0 cm³/mol. The van der Waals surface area contributed by atoms with E-state index >= 15 is 0 Å². The van der Waals surface area contributed by atoms with Gasteiger partial charge < -0.3 is 0 Å². The molecule has 106 valence electrons. The van der Waals surface area contributed by atoms with Gasteiger partial charge in [-0.2, -0.15) is 0 Å². The van der Waals surface area contributed by atoms with Crippen LogP contribution >= 0.6 is 11.8 Å². The van der Waals surface area contributed by atoms with Crippen LogP contribution in [-0.2, 0) is 6.42 Å². The number of amides is 1. The Morgan fingerprint density at radius 2 is 1.74 bits per heavy atom. The average molecular weight is 283 g/mol. The van der Waals surface area contributed by atoms with Crippen molar-refractivity contribution in [3.63, 3.8) is 0 Å². The first-order valence-corrected chi connectivity index (χ1v) is 7.00. The van der Waals surface area contributed by atoms with E-state index in [-0.39, 0.29) is 11.4 Å². The quantitative estimate of drug-likeness (QED) is 0.604. The summed E-state index contributed by atoms with van der Waals surface area (Å²) in [6.45, 7) is 8.14. The lowest BCUT2D eigenvalue weighted by molar-refractivity contribution is 0.00945. The lowest BCUT2D eigenvalue weighted by atomic mass is 10.0. The van der Waals surface area contributed by atoms with Gasteiger partial charge in [-0.05, 0) is 44.4 Å². The Morgan fingerprint density at radius 3 is 2.16 bits per heavy atom. The van der Waals surface area contributed by atoms with E-state index in [1.165, 1.54) is 15.1 Å². The number of halogens is 1. The molecular formula is C15H23ClN2O. The number of carbonyl (C=O) groups is 1. The fourth-order valence-corrected chi connectivity index (χ4v) is 1.87. The zero-order valence-corrected chi connectivity index (χ0v) is 13.2. The molecule has 0 saturated heterocycles. The highest BCUT2D eigenvalue weighted by Gasteiger charge is 2.30. The standard InChI is InChI=1S/C15H23ClN2O/c1-6-12-8-10-13(11-9-12)14(19)17(5)18(16)15(3,4)7-2/h8-11H,6-7H2,1-5H3. The Bertz CT molecular complexity index is 428. The van der Waals surface area contributed by atoms with Crippen LogP contribution in [-0.4, -0.2) is 28.0 Å². The molecule has 0 spiro atoms. The van der Waals surface area contributed by atoms with Gasteiger partial charge >= 0.3 is 0 Å². The van der Waals surface area contributed by atoms with Gasteiger partial charge in [0.05, 0.1) is 5.54 Å². The van der Waals surface area contributed by atoms with Crippen molar-refractivity contribution >= 4 is 17.7 Å². The molecule has 0 atom stereocenters. The van der Waals surface area contributed by atoms with E-state index in [1.807, 2.05) is 45.0 Å². The van der Waals surface area contributed by atoms with Gasteiger partial charge in [0, 0.05) is 24.4 Å². The summed E-state index contributed by atoms with van der Waals surface area (Å²) in [5.74, 6) is -0.0980. The van der Waals surface area contributed by atoms with Crippen LogP contribution in [0.1, 0.15) is 50.0 Å². The van der Waals surface area contributed by atoms with Gasteiger partial charge in [-0.15, -0.1) is 4.53 Å². The van der Waals surface area contributed by atoms with Crippen LogP contribution in [0, 0.1) is 0 Å². The Balaban J connectivity index is 2.87. The first kappa shape index (κ1) is 16.0. The molecule has 0 heterocycles. The van der Waals surface area contributed by atoms with Crippen molar-refractivity contribution in [1.82, 2.24) is 9.54 Å².